The van der Waals surface area contributed by atoms with Crippen LogP contribution in [0.3, 0.4) is 0 Å². The third-order valence-corrected chi connectivity index (χ3v) is 2.61. The molecule has 0 radical (unpaired) electrons. The Kier molecular flexibility index (Phi) is 12.0. The van der Waals surface area contributed by atoms with Gasteiger partial charge in [-0.2, -0.15) is 0 Å². The molecule has 120 valence electrons. The molecule has 0 spiro atoms. The van der Waals surface area contributed by atoms with Gasteiger partial charge < -0.3 is 20.4 Å². The summed E-state index contributed by atoms with van der Waals surface area (Å²) in [7, 11) is 0. The van der Waals surface area contributed by atoms with Crippen molar-refractivity contribution in [1.29, 1.82) is 0 Å². The summed E-state index contributed by atoms with van der Waals surface area (Å²) in [5.41, 5.74) is -0.532. The molecule has 0 aromatic carbocycles. The van der Waals surface area contributed by atoms with Crippen molar-refractivity contribution in [2.45, 2.75) is 78.1 Å². The Morgan fingerprint density at radius 1 is 1.00 bits per heavy atom. The van der Waals surface area contributed by atoms with E-state index >= 15 is 0 Å². The Morgan fingerprint density at radius 2 is 1.55 bits per heavy atom. The fourth-order valence-corrected chi connectivity index (χ4v) is 1.21. The van der Waals surface area contributed by atoms with Crippen molar-refractivity contribution in [1.82, 2.24) is 0 Å². The monoisotopic (exact) mass is 288 g/mol. The summed E-state index contributed by atoms with van der Waals surface area (Å²) in [6.07, 6.45) is 4.64. The van der Waals surface area contributed by atoms with Gasteiger partial charge in [0, 0.05) is 19.4 Å². The highest BCUT2D eigenvalue weighted by atomic mass is 16.5. The van der Waals surface area contributed by atoms with E-state index in [1.807, 2.05) is 27.7 Å². The molecular formula is C16H32O4. The number of hydrogen-bond acceptors (Lipinski definition) is 4. The predicted octanol–water partition coefficient (Wildman–Crippen LogP) is 2.05. The van der Waals surface area contributed by atoms with Gasteiger partial charge in [0.1, 0.15) is 0 Å². The molecule has 0 heterocycles. The zero-order valence-corrected chi connectivity index (χ0v) is 13.6. The highest BCUT2D eigenvalue weighted by Gasteiger charge is 2.10. The molecule has 4 heteroatoms. The van der Waals surface area contributed by atoms with Gasteiger partial charge in [0.25, 0.3) is 0 Å². The van der Waals surface area contributed by atoms with Gasteiger partial charge in [0.2, 0.25) is 5.79 Å². The van der Waals surface area contributed by atoms with Crippen LogP contribution in [0.5, 0.6) is 0 Å². The van der Waals surface area contributed by atoms with Crippen LogP contribution in [0.2, 0.25) is 0 Å². The molecule has 4 nitrogen and oxygen atoms in total. The second-order valence-corrected chi connectivity index (χ2v) is 5.95. The van der Waals surface area contributed by atoms with Crippen LogP contribution >= 0.6 is 0 Å². The molecule has 0 bridgehead atoms. The fourth-order valence-electron chi connectivity index (χ4n) is 1.21. The first-order chi connectivity index (χ1) is 9.02. The van der Waals surface area contributed by atoms with Gasteiger partial charge in [-0.25, -0.2) is 0 Å². The third-order valence-electron chi connectivity index (χ3n) is 2.61. The van der Waals surface area contributed by atoms with Crippen LogP contribution in [0.25, 0.3) is 0 Å². The summed E-state index contributed by atoms with van der Waals surface area (Å²) in [4.78, 5) is 0. The Bertz CT molecular complexity index is 276. The summed E-state index contributed by atoms with van der Waals surface area (Å²) in [5, 5.41) is 35.2. The first kappa shape index (κ1) is 21.7. The fraction of sp³-hybridized carbons (Fsp3) is 0.875. The van der Waals surface area contributed by atoms with Crippen LogP contribution in [0.15, 0.2) is 0 Å². The molecule has 1 atom stereocenters. The Morgan fingerprint density at radius 3 is 1.90 bits per heavy atom. The minimum atomic E-state index is -1.83. The van der Waals surface area contributed by atoms with Crippen LogP contribution in [-0.2, 0) is 0 Å². The average Bonchev–Trinajstić information content (AvgIpc) is 2.30. The van der Waals surface area contributed by atoms with Gasteiger partial charge in [0.15, 0.2) is 0 Å². The quantitative estimate of drug-likeness (QED) is 0.342. The zero-order chi connectivity index (χ0) is 16.2. The SMILES string of the molecule is CC(C)(O)CCCCCO.CCC(C)C#CC(C)(O)O. The molecule has 0 aliphatic carbocycles. The van der Waals surface area contributed by atoms with Crippen molar-refractivity contribution >= 4 is 0 Å². The summed E-state index contributed by atoms with van der Waals surface area (Å²) in [5.74, 6) is 3.46. The van der Waals surface area contributed by atoms with E-state index in [1.165, 1.54) is 6.92 Å². The van der Waals surface area contributed by atoms with E-state index in [-0.39, 0.29) is 12.5 Å². The third kappa shape index (κ3) is 22.6. The Labute approximate surface area is 123 Å². The lowest BCUT2D eigenvalue weighted by atomic mass is 10.0. The van der Waals surface area contributed by atoms with Gasteiger partial charge in [0.05, 0.1) is 5.60 Å². The van der Waals surface area contributed by atoms with E-state index in [0.717, 1.165) is 32.1 Å². The summed E-state index contributed by atoms with van der Waals surface area (Å²) < 4.78 is 0. The molecular weight excluding hydrogens is 256 g/mol. The van der Waals surface area contributed by atoms with E-state index in [2.05, 4.69) is 11.8 Å². The molecule has 0 amide bonds. The molecule has 0 saturated carbocycles. The molecule has 0 aliphatic heterocycles. The lowest BCUT2D eigenvalue weighted by molar-refractivity contribution is -0.0916. The lowest BCUT2D eigenvalue weighted by Crippen LogP contribution is -2.19. The maximum atomic E-state index is 9.25. The van der Waals surface area contributed by atoms with E-state index in [4.69, 9.17) is 15.3 Å². The Hall–Kier alpha value is -0.600. The van der Waals surface area contributed by atoms with Gasteiger partial charge in [-0.3, -0.25) is 0 Å². The van der Waals surface area contributed by atoms with Gasteiger partial charge in [-0.05, 0) is 39.0 Å². The van der Waals surface area contributed by atoms with Crippen LogP contribution in [0, 0.1) is 17.8 Å². The highest BCUT2D eigenvalue weighted by Crippen LogP contribution is 2.12. The number of hydrogen-bond donors (Lipinski definition) is 4. The summed E-state index contributed by atoms with van der Waals surface area (Å²) in [6.45, 7) is 9.09. The topological polar surface area (TPSA) is 80.9 Å². The smallest absolute Gasteiger partial charge is 0.225 e. The number of unbranched alkanes of at least 4 members (excludes halogenated alkanes) is 2. The second kappa shape index (κ2) is 11.1. The molecule has 0 aromatic rings. The summed E-state index contributed by atoms with van der Waals surface area (Å²) >= 11 is 0. The van der Waals surface area contributed by atoms with E-state index < -0.39 is 11.4 Å². The van der Waals surface area contributed by atoms with Crippen molar-refractivity contribution in [2.24, 2.45) is 5.92 Å². The van der Waals surface area contributed by atoms with Gasteiger partial charge in [-0.15, -0.1) is 0 Å². The molecule has 0 aromatic heterocycles. The van der Waals surface area contributed by atoms with E-state index in [9.17, 15) is 5.11 Å². The first-order valence-electron chi connectivity index (χ1n) is 7.32. The first-order valence-corrected chi connectivity index (χ1v) is 7.32. The van der Waals surface area contributed by atoms with Crippen LogP contribution in [0.4, 0.5) is 0 Å². The normalized spacial score (nSPS) is 12.8. The summed E-state index contributed by atoms with van der Waals surface area (Å²) in [6, 6.07) is 0. The van der Waals surface area contributed by atoms with Crippen molar-refractivity contribution < 1.29 is 20.4 Å². The predicted molar refractivity (Wildman–Crippen MR) is 81.9 cm³/mol. The molecule has 20 heavy (non-hydrogen) atoms. The van der Waals surface area contributed by atoms with E-state index in [0.29, 0.717) is 0 Å². The molecule has 0 fully saturated rings. The number of aliphatic hydroxyl groups excluding tert-OH is 1. The largest absolute Gasteiger partial charge is 0.396 e. The van der Waals surface area contributed by atoms with Crippen molar-refractivity contribution in [3.63, 3.8) is 0 Å². The minimum Gasteiger partial charge on any atom is -0.396 e. The van der Waals surface area contributed by atoms with Crippen LogP contribution in [0.1, 0.15) is 66.7 Å². The zero-order valence-electron chi connectivity index (χ0n) is 13.6. The minimum absolute atomic E-state index is 0.235. The van der Waals surface area contributed by atoms with Gasteiger partial charge >= 0.3 is 0 Å². The maximum Gasteiger partial charge on any atom is 0.225 e. The maximum absolute atomic E-state index is 9.25. The van der Waals surface area contributed by atoms with Gasteiger partial charge in [-0.1, -0.05) is 32.6 Å². The van der Waals surface area contributed by atoms with Crippen LogP contribution in [-0.4, -0.2) is 38.4 Å². The molecule has 1 unspecified atom stereocenters. The Balaban J connectivity index is 0. The average molecular weight is 288 g/mol. The molecule has 4 N–H and O–H groups in total. The van der Waals surface area contributed by atoms with Crippen molar-refractivity contribution in [3.8, 4) is 11.8 Å². The number of aliphatic hydroxyl groups is 4. The van der Waals surface area contributed by atoms with Crippen molar-refractivity contribution in [2.75, 3.05) is 6.61 Å². The molecule has 0 aliphatic rings. The van der Waals surface area contributed by atoms with Crippen LogP contribution < -0.4 is 0 Å². The highest BCUT2D eigenvalue weighted by molar-refractivity contribution is 5.08. The number of rotatable bonds is 6. The van der Waals surface area contributed by atoms with Crippen molar-refractivity contribution in [3.05, 3.63) is 0 Å². The molecule has 0 rings (SSSR count). The molecule has 0 saturated heterocycles. The second-order valence-electron chi connectivity index (χ2n) is 5.95. The lowest BCUT2D eigenvalue weighted by Gasteiger charge is -2.15. The van der Waals surface area contributed by atoms with E-state index in [1.54, 1.807) is 0 Å². The standard InChI is InChI=1S/C8H18O2.C8H14O2/c1-8(2,10)6-4-3-5-7-9;1-4-7(2)5-6-8(3,9)10/h9-10H,3-7H2,1-2H3;7,9-10H,4H2,1-3H3.